The Hall–Kier alpha value is -2.37. The van der Waals surface area contributed by atoms with Gasteiger partial charge in [0.15, 0.2) is 0 Å². The van der Waals surface area contributed by atoms with Crippen LogP contribution in [0.3, 0.4) is 0 Å². The molecule has 0 aromatic heterocycles. The molecular weight excluding hydrogens is 330 g/mol. The first-order chi connectivity index (χ1) is 11.3. The number of benzene rings is 1. The van der Waals surface area contributed by atoms with Gasteiger partial charge in [-0.05, 0) is 31.0 Å². The molecule has 128 valence electrons. The molecule has 0 bridgehead atoms. The third-order valence-electron chi connectivity index (χ3n) is 3.94. The Morgan fingerprint density at radius 3 is 2.58 bits per heavy atom. The number of nitrogens with one attached hydrogen (secondary N) is 1. The summed E-state index contributed by atoms with van der Waals surface area (Å²) in [5.41, 5.74) is 5.55. The van der Waals surface area contributed by atoms with Crippen LogP contribution in [-0.4, -0.2) is 44.8 Å². The number of terminal acetylenes is 1. The molecule has 0 aliphatic carbocycles. The van der Waals surface area contributed by atoms with Gasteiger partial charge in [0.2, 0.25) is 15.9 Å². The minimum Gasteiger partial charge on any atom is -0.369 e. The van der Waals surface area contributed by atoms with Crippen LogP contribution in [0.25, 0.3) is 0 Å². The van der Waals surface area contributed by atoms with E-state index in [1.54, 1.807) is 11.0 Å². The van der Waals surface area contributed by atoms with E-state index in [0.717, 1.165) is 0 Å². The van der Waals surface area contributed by atoms with Crippen molar-refractivity contribution < 1.29 is 18.0 Å². The van der Waals surface area contributed by atoms with Crippen LogP contribution >= 0.6 is 0 Å². The van der Waals surface area contributed by atoms with Crippen molar-refractivity contribution in [3.8, 4) is 12.3 Å². The van der Waals surface area contributed by atoms with E-state index >= 15 is 0 Å². The number of sulfonamides is 1. The van der Waals surface area contributed by atoms with Crippen LogP contribution < -0.4 is 10.5 Å². The number of carbonyl (C=O) groups is 2. The molecule has 1 saturated heterocycles. The topological polar surface area (TPSA) is 110 Å². The molecule has 24 heavy (non-hydrogen) atoms. The van der Waals surface area contributed by atoms with E-state index in [1.165, 1.54) is 18.2 Å². The number of piperidine rings is 1. The van der Waals surface area contributed by atoms with Gasteiger partial charge in [0.25, 0.3) is 5.91 Å². The highest BCUT2D eigenvalue weighted by molar-refractivity contribution is 7.89. The summed E-state index contributed by atoms with van der Waals surface area (Å²) in [6.45, 7) is 0.707. The Kier molecular flexibility index (Phi) is 5.59. The molecule has 1 heterocycles. The second-order valence-electron chi connectivity index (χ2n) is 5.53. The van der Waals surface area contributed by atoms with Crippen molar-refractivity contribution in [2.24, 2.45) is 11.7 Å². The minimum atomic E-state index is -3.75. The van der Waals surface area contributed by atoms with Crippen LogP contribution in [0.15, 0.2) is 29.2 Å². The number of primary amides is 1. The highest BCUT2D eigenvalue weighted by Gasteiger charge is 2.27. The summed E-state index contributed by atoms with van der Waals surface area (Å²) in [6, 6.07) is 5.78. The monoisotopic (exact) mass is 349 g/mol. The van der Waals surface area contributed by atoms with Crippen molar-refractivity contribution >= 4 is 21.8 Å². The van der Waals surface area contributed by atoms with Crippen molar-refractivity contribution in [1.82, 2.24) is 9.62 Å². The van der Waals surface area contributed by atoms with E-state index in [1.807, 2.05) is 0 Å². The lowest BCUT2D eigenvalue weighted by Gasteiger charge is -2.30. The zero-order chi connectivity index (χ0) is 17.7. The second kappa shape index (κ2) is 7.47. The molecule has 0 unspecified atom stereocenters. The van der Waals surface area contributed by atoms with Crippen LogP contribution in [-0.2, 0) is 14.8 Å². The first kappa shape index (κ1) is 18.0. The predicted molar refractivity (Wildman–Crippen MR) is 88.3 cm³/mol. The van der Waals surface area contributed by atoms with E-state index in [-0.39, 0.29) is 34.7 Å². The molecule has 1 aromatic carbocycles. The van der Waals surface area contributed by atoms with Crippen molar-refractivity contribution in [2.75, 3.05) is 19.6 Å². The fraction of sp³-hybridized carbons (Fsp3) is 0.375. The standard InChI is InChI=1S/C16H19N3O4S/c1-2-8-18-24(22,23)14-5-3-4-13(11-14)16(21)19-9-6-12(7-10-19)15(17)20/h1,3-5,11-12,18H,6-10H2,(H2,17,20). The SMILES string of the molecule is C#CCNS(=O)(=O)c1cccc(C(=O)N2CCC(C(N)=O)CC2)c1. The first-order valence-electron chi connectivity index (χ1n) is 7.47. The molecule has 2 amide bonds. The minimum absolute atomic E-state index is 0.0179. The van der Waals surface area contributed by atoms with Crippen molar-refractivity contribution in [1.29, 1.82) is 0 Å². The molecule has 7 nitrogen and oxygen atoms in total. The number of likely N-dealkylation sites (tertiary alicyclic amines) is 1. The summed E-state index contributed by atoms with van der Waals surface area (Å²) in [5, 5.41) is 0. The first-order valence-corrected chi connectivity index (χ1v) is 8.95. The fourth-order valence-corrected chi connectivity index (χ4v) is 3.55. The third-order valence-corrected chi connectivity index (χ3v) is 5.34. The van der Waals surface area contributed by atoms with E-state index in [9.17, 15) is 18.0 Å². The maximum atomic E-state index is 12.5. The maximum Gasteiger partial charge on any atom is 0.253 e. The number of nitrogens with zero attached hydrogens (tertiary/aromatic N) is 1. The molecule has 0 spiro atoms. The van der Waals surface area contributed by atoms with Gasteiger partial charge in [-0.15, -0.1) is 6.42 Å². The fourth-order valence-electron chi connectivity index (χ4n) is 2.57. The van der Waals surface area contributed by atoms with Gasteiger partial charge in [0, 0.05) is 24.6 Å². The van der Waals surface area contributed by atoms with Gasteiger partial charge in [-0.1, -0.05) is 12.0 Å². The Morgan fingerprint density at radius 1 is 1.33 bits per heavy atom. The van der Waals surface area contributed by atoms with Crippen molar-refractivity contribution in [2.45, 2.75) is 17.7 Å². The molecular formula is C16H19N3O4S. The van der Waals surface area contributed by atoms with Gasteiger partial charge < -0.3 is 10.6 Å². The Morgan fingerprint density at radius 2 is 2.00 bits per heavy atom. The molecule has 1 aliphatic heterocycles. The number of amides is 2. The number of hydrogen-bond donors (Lipinski definition) is 2. The summed E-state index contributed by atoms with van der Waals surface area (Å²) in [4.78, 5) is 25.3. The van der Waals surface area contributed by atoms with E-state index in [4.69, 9.17) is 12.2 Å². The molecule has 0 radical (unpaired) electrons. The number of rotatable bonds is 5. The molecule has 1 aliphatic rings. The Balaban J connectivity index is 2.13. The number of hydrogen-bond acceptors (Lipinski definition) is 4. The van der Waals surface area contributed by atoms with Gasteiger partial charge >= 0.3 is 0 Å². The average molecular weight is 349 g/mol. The quantitative estimate of drug-likeness (QED) is 0.725. The van der Waals surface area contributed by atoms with Crippen LogP contribution in [0.1, 0.15) is 23.2 Å². The molecule has 8 heteroatoms. The van der Waals surface area contributed by atoms with E-state index in [2.05, 4.69) is 10.6 Å². The summed E-state index contributed by atoms with van der Waals surface area (Å²) in [5.74, 6) is 1.36. The van der Waals surface area contributed by atoms with Crippen molar-refractivity contribution in [3.05, 3.63) is 29.8 Å². The third kappa shape index (κ3) is 4.13. The molecule has 0 saturated carbocycles. The van der Waals surface area contributed by atoms with Gasteiger partial charge in [0.05, 0.1) is 11.4 Å². The lowest BCUT2D eigenvalue weighted by molar-refractivity contribution is -0.123. The van der Waals surface area contributed by atoms with E-state index in [0.29, 0.717) is 25.9 Å². The van der Waals surface area contributed by atoms with Gasteiger partial charge in [-0.3, -0.25) is 9.59 Å². The molecule has 3 N–H and O–H groups in total. The Labute approximate surface area is 141 Å². The second-order valence-corrected chi connectivity index (χ2v) is 7.29. The lowest BCUT2D eigenvalue weighted by atomic mass is 9.96. The highest BCUT2D eigenvalue weighted by Crippen LogP contribution is 2.20. The number of carbonyl (C=O) groups excluding carboxylic acids is 2. The van der Waals surface area contributed by atoms with Crippen LogP contribution in [0.4, 0.5) is 0 Å². The summed E-state index contributed by atoms with van der Waals surface area (Å²) >= 11 is 0. The summed E-state index contributed by atoms with van der Waals surface area (Å²) in [7, 11) is -3.75. The Bertz CT molecular complexity index is 775. The van der Waals surface area contributed by atoms with Crippen LogP contribution in [0, 0.1) is 18.3 Å². The summed E-state index contributed by atoms with van der Waals surface area (Å²) in [6.07, 6.45) is 6.08. The molecule has 1 fully saturated rings. The predicted octanol–water partition coefficient (Wildman–Crippen LogP) is -0.0644. The van der Waals surface area contributed by atoms with Gasteiger partial charge in [-0.25, -0.2) is 8.42 Å². The highest BCUT2D eigenvalue weighted by atomic mass is 32.2. The van der Waals surface area contributed by atoms with E-state index < -0.39 is 10.0 Å². The smallest absolute Gasteiger partial charge is 0.253 e. The average Bonchev–Trinajstić information content (AvgIpc) is 2.59. The van der Waals surface area contributed by atoms with Gasteiger partial charge in [0.1, 0.15) is 0 Å². The van der Waals surface area contributed by atoms with Crippen LogP contribution in [0.2, 0.25) is 0 Å². The van der Waals surface area contributed by atoms with Gasteiger partial charge in [-0.2, -0.15) is 4.72 Å². The van der Waals surface area contributed by atoms with Crippen molar-refractivity contribution in [3.63, 3.8) is 0 Å². The molecule has 1 aromatic rings. The molecule has 2 rings (SSSR count). The zero-order valence-corrected chi connectivity index (χ0v) is 13.9. The normalized spacial score (nSPS) is 15.7. The van der Waals surface area contributed by atoms with Crippen LogP contribution in [0.5, 0.6) is 0 Å². The summed E-state index contributed by atoms with van der Waals surface area (Å²) < 4.78 is 26.4. The molecule has 0 atom stereocenters. The zero-order valence-electron chi connectivity index (χ0n) is 13.1. The maximum absolute atomic E-state index is 12.5. The number of nitrogens with two attached hydrogens (primary N) is 1. The lowest BCUT2D eigenvalue weighted by Crippen LogP contribution is -2.41. The largest absolute Gasteiger partial charge is 0.369 e.